The molecule has 0 radical (unpaired) electrons. The van der Waals surface area contributed by atoms with Crippen molar-refractivity contribution in [1.29, 1.82) is 0 Å². The Balaban J connectivity index is 2.41. The summed E-state index contributed by atoms with van der Waals surface area (Å²) in [4.78, 5) is 0. The number of rotatable bonds is 3. The quantitative estimate of drug-likeness (QED) is 0.885. The fraction of sp³-hybridized carbons (Fsp3) is 0.333. The molecule has 1 aromatic carbocycles. The number of benzene rings is 1. The molecule has 0 amide bonds. The van der Waals surface area contributed by atoms with Gasteiger partial charge < -0.3 is 9.52 Å². The molecule has 1 unspecified atom stereocenters. The van der Waals surface area contributed by atoms with Crippen molar-refractivity contribution in [3.8, 4) is 11.3 Å². The van der Waals surface area contributed by atoms with Crippen molar-refractivity contribution >= 4 is 0 Å². The molecule has 0 bridgehead atoms. The number of hydrogen-bond donors (Lipinski definition) is 1. The summed E-state index contributed by atoms with van der Waals surface area (Å²) in [6.45, 7) is 3.21. The fourth-order valence-electron chi connectivity index (χ4n) is 1.97. The zero-order valence-electron chi connectivity index (χ0n) is 11.2. The molecule has 1 atom stereocenters. The van der Waals surface area contributed by atoms with Crippen LogP contribution in [-0.4, -0.2) is 5.11 Å². The fourth-order valence-corrected chi connectivity index (χ4v) is 1.97. The molecule has 1 aromatic heterocycles. The van der Waals surface area contributed by atoms with Crippen LogP contribution in [0, 0.1) is 6.92 Å². The van der Waals surface area contributed by atoms with Gasteiger partial charge in [-0.15, -0.1) is 0 Å². The molecule has 1 heterocycles. The molecular formula is C15H15F3O2. The maximum Gasteiger partial charge on any atom is 0.416 e. The van der Waals surface area contributed by atoms with E-state index in [9.17, 15) is 18.3 Å². The van der Waals surface area contributed by atoms with Gasteiger partial charge >= 0.3 is 6.18 Å². The molecule has 1 N–H and O–H groups in total. The van der Waals surface area contributed by atoms with Gasteiger partial charge in [0, 0.05) is 5.56 Å². The zero-order valence-corrected chi connectivity index (χ0v) is 11.2. The van der Waals surface area contributed by atoms with Crippen LogP contribution in [-0.2, 0) is 6.18 Å². The van der Waals surface area contributed by atoms with E-state index in [0.717, 1.165) is 6.07 Å². The van der Waals surface area contributed by atoms with Crippen molar-refractivity contribution in [3.05, 3.63) is 47.2 Å². The number of furan rings is 1. The summed E-state index contributed by atoms with van der Waals surface area (Å²) in [5, 5.41) is 9.64. The Morgan fingerprint density at radius 1 is 1.20 bits per heavy atom. The van der Waals surface area contributed by atoms with Gasteiger partial charge in [-0.2, -0.15) is 13.2 Å². The topological polar surface area (TPSA) is 33.4 Å². The summed E-state index contributed by atoms with van der Waals surface area (Å²) in [5.41, 5.74) is -0.164. The summed E-state index contributed by atoms with van der Waals surface area (Å²) < 4.78 is 44.0. The summed E-state index contributed by atoms with van der Waals surface area (Å²) in [6.07, 6.45) is -4.65. The van der Waals surface area contributed by atoms with Crippen molar-refractivity contribution in [2.75, 3.05) is 0 Å². The molecule has 5 heteroatoms. The molecule has 20 heavy (non-hydrogen) atoms. The second kappa shape index (κ2) is 5.32. The van der Waals surface area contributed by atoms with Crippen LogP contribution in [0.5, 0.6) is 0 Å². The first-order valence-corrected chi connectivity index (χ1v) is 6.29. The predicted molar refractivity (Wildman–Crippen MR) is 69.1 cm³/mol. The van der Waals surface area contributed by atoms with Gasteiger partial charge in [0.2, 0.25) is 0 Å². The van der Waals surface area contributed by atoms with Crippen molar-refractivity contribution in [2.45, 2.75) is 32.5 Å². The third-order valence-electron chi connectivity index (χ3n) is 3.17. The maximum atomic E-state index is 12.9. The maximum absolute atomic E-state index is 12.9. The zero-order chi connectivity index (χ0) is 14.9. The lowest BCUT2D eigenvalue weighted by atomic mass is 10.0. The Morgan fingerprint density at radius 3 is 2.50 bits per heavy atom. The van der Waals surface area contributed by atoms with E-state index in [-0.39, 0.29) is 5.56 Å². The van der Waals surface area contributed by atoms with Crippen molar-refractivity contribution in [2.24, 2.45) is 0 Å². The van der Waals surface area contributed by atoms with Crippen molar-refractivity contribution in [3.63, 3.8) is 0 Å². The molecule has 0 saturated carbocycles. The number of halogens is 3. The Bertz CT molecular complexity index is 599. The normalized spacial score (nSPS) is 13.5. The van der Waals surface area contributed by atoms with Gasteiger partial charge in [-0.3, -0.25) is 0 Å². The van der Waals surface area contributed by atoms with E-state index in [0.29, 0.717) is 23.5 Å². The van der Waals surface area contributed by atoms with Gasteiger partial charge in [0.25, 0.3) is 0 Å². The summed E-state index contributed by atoms with van der Waals surface area (Å²) >= 11 is 0. The summed E-state index contributed by atoms with van der Waals surface area (Å²) in [6, 6.07) is 7.20. The molecule has 0 fully saturated rings. The largest absolute Gasteiger partial charge is 0.458 e. The highest BCUT2D eigenvalue weighted by Crippen LogP contribution is 2.35. The summed E-state index contributed by atoms with van der Waals surface area (Å²) in [7, 11) is 0. The first-order valence-electron chi connectivity index (χ1n) is 6.29. The van der Waals surface area contributed by atoms with E-state index in [1.54, 1.807) is 25.1 Å². The number of hydrogen-bond acceptors (Lipinski definition) is 2. The van der Waals surface area contributed by atoms with E-state index in [2.05, 4.69) is 0 Å². The Kier molecular flexibility index (Phi) is 3.90. The lowest BCUT2D eigenvalue weighted by molar-refractivity contribution is -0.138. The van der Waals surface area contributed by atoms with Gasteiger partial charge in [0.1, 0.15) is 17.6 Å². The van der Waals surface area contributed by atoms with E-state index >= 15 is 0 Å². The van der Waals surface area contributed by atoms with Crippen LogP contribution in [0.3, 0.4) is 0 Å². The highest BCUT2D eigenvalue weighted by molar-refractivity contribution is 5.60. The number of aryl methyl sites for hydroxylation is 1. The molecule has 0 aliphatic rings. The van der Waals surface area contributed by atoms with E-state index < -0.39 is 17.8 Å². The highest BCUT2D eigenvalue weighted by atomic mass is 19.4. The van der Waals surface area contributed by atoms with Crippen LogP contribution in [0.15, 0.2) is 34.7 Å². The molecule has 0 saturated heterocycles. The lowest BCUT2D eigenvalue weighted by Gasteiger charge is -2.11. The highest BCUT2D eigenvalue weighted by Gasteiger charge is 2.32. The van der Waals surface area contributed by atoms with E-state index in [1.807, 2.05) is 0 Å². The first-order chi connectivity index (χ1) is 9.32. The second-order valence-corrected chi connectivity index (χ2v) is 4.65. The molecule has 0 aliphatic carbocycles. The minimum absolute atomic E-state index is 0.168. The van der Waals surface area contributed by atoms with Gasteiger partial charge in [0.15, 0.2) is 0 Å². The molecule has 0 aliphatic heterocycles. The smallest absolute Gasteiger partial charge is 0.416 e. The third-order valence-corrected chi connectivity index (χ3v) is 3.17. The number of aliphatic hydroxyl groups is 1. The predicted octanol–water partition coefficient (Wildman–Crippen LogP) is 4.72. The van der Waals surface area contributed by atoms with E-state index in [1.165, 1.54) is 13.0 Å². The minimum atomic E-state index is -4.39. The average molecular weight is 284 g/mol. The molecule has 2 rings (SSSR count). The molecular weight excluding hydrogens is 269 g/mol. The number of aliphatic hydroxyl groups excluding tert-OH is 1. The Morgan fingerprint density at radius 2 is 1.90 bits per heavy atom. The van der Waals surface area contributed by atoms with Crippen LogP contribution < -0.4 is 0 Å². The SMILES string of the molecule is CCC(O)c1ccc(-c2ccc(C)c(C(F)(F)F)c2)o1. The van der Waals surface area contributed by atoms with Crippen LogP contribution in [0.1, 0.15) is 36.3 Å². The van der Waals surface area contributed by atoms with Crippen LogP contribution in [0.25, 0.3) is 11.3 Å². The van der Waals surface area contributed by atoms with E-state index in [4.69, 9.17) is 4.42 Å². The number of alkyl halides is 3. The van der Waals surface area contributed by atoms with Crippen LogP contribution in [0.4, 0.5) is 13.2 Å². The molecule has 0 spiro atoms. The van der Waals surface area contributed by atoms with Gasteiger partial charge in [-0.25, -0.2) is 0 Å². The monoisotopic (exact) mass is 284 g/mol. The standard InChI is InChI=1S/C15H15F3O2/c1-3-12(19)14-7-6-13(20-14)10-5-4-9(2)11(8-10)15(16,17)18/h4-8,12,19H,3H2,1-2H3. The first kappa shape index (κ1) is 14.7. The average Bonchev–Trinajstić information content (AvgIpc) is 2.86. The Hall–Kier alpha value is -1.75. The van der Waals surface area contributed by atoms with Gasteiger partial charge in [0.05, 0.1) is 5.56 Å². The molecule has 108 valence electrons. The van der Waals surface area contributed by atoms with Crippen molar-refractivity contribution in [1.82, 2.24) is 0 Å². The van der Waals surface area contributed by atoms with Crippen molar-refractivity contribution < 1.29 is 22.7 Å². The Labute approximate surface area is 114 Å². The van der Waals surface area contributed by atoms with Crippen LogP contribution in [0.2, 0.25) is 0 Å². The third kappa shape index (κ3) is 2.88. The minimum Gasteiger partial charge on any atom is -0.458 e. The lowest BCUT2D eigenvalue weighted by Crippen LogP contribution is -2.07. The molecule has 2 aromatic rings. The molecule has 2 nitrogen and oxygen atoms in total. The second-order valence-electron chi connectivity index (χ2n) is 4.65. The van der Waals surface area contributed by atoms with Gasteiger partial charge in [-0.05, 0) is 37.1 Å². The summed E-state index contributed by atoms with van der Waals surface area (Å²) in [5.74, 6) is 0.676. The van der Waals surface area contributed by atoms with Gasteiger partial charge in [-0.1, -0.05) is 19.1 Å². The van der Waals surface area contributed by atoms with Crippen LogP contribution >= 0.6 is 0 Å².